The van der Waals surface area contributed by atoms with Gasteiger partial charge in [0, 0.05) is 20.1 Å². The summed E-state index contributed by atoms with van der Waals surface area (Å²) < 4.78 is 4.51. The summed E-state index contributed by atoms with van der Waals surface area (Å²) in [6.07, 6.45) is 1.76. The molecule has 0 bridgehead atoms. The van der Waals surface area contributed by atoms with Gasteiger partial charge in [-0.05, 0) is 12.8 Å². The van der Waals surface area contributed by atoms with E-state index in [9.17, 15) is 19.5 Å². The molecular weight excluding hydrogens is 264 g/mol. The Balaban J connectivity index is 2.68. The second kappa shape index (κ2) is 6.58. The Hall–Kier alpha value is -1.79. The van der Waals surface area contributed by atoms with Gasteiger partial charge in [-0.25, -0.2) is 4.79 Å². The first kappa shape index (κ1) is 16.3. The molecule has 1 atom stereocenters. The lowest BCUT2D eigenvalue weighted by Gasteiger charge is -2.26. The largest absolute Gasteiger partial charge is 0.481 e. The smallest absolute Gasteiger partial charge is 0.325 e. The van der Waals surface area contributed by atoms with Crippen molar-refractivity contribution in [2.45, 2.75) is 26.2 Å². The van der Waals surface area contributed by atoms with E-state index in [4.69, 9.17) is 0 Å². The maximum Gasteiger partial charge on any atom is 0.325 e. The monoisotopic (exact) mass is 286 g/mol. The van der Waals surface area contributed by atoms with Crippen LogP contribution in [0.15, 0.2) is 0 Å². The van der Waals surface area contributed by atoms with Crippen LogP contribution in [0.3, 0.4) is 0 Å². The van der Waals surface area contributed by atoms with Crippen molar-refractivity contribution in [2.75, 3.05) is 33.8 Å². The molecule has 1 heterocycles. The quantitative estimate of drug-likeness (QED) is 0.755. The molecule has 1 rings (SSSR count). The topological polar surface area (TPSA) is 87.2 Å². The van der Waals surface area contributed by atoms with Gasteiger partial charge in [0.1, 0.15) is 6.54 Å². The highest BCUT2D eigenvalue weighted by Crippen LogP contribution is 2.35. The van der Waals surface area contributed by atoms with Crippen LogP contribution in [-0.4, -0.2) is 66.7 Å². The molecule has 0 radical (unpaired) electrons. The Morgan fingerprint density at radius 1 is 1.40 bits per heavy atom. The number of carbonyl (C=O) groups is 3. The van der Waals surface area contributed by atoms with Crippen LogP contribution in [-0.2, 0) is 14.3 Å². The number of carbonyl (C=O) groups excluding carboxylic acids is 2. The van der Waals surface area contributed by atoms with E-state index < -0.39 is 17.4 Å². The number of nitrogens with zero attached hydrogens (tertiary/aromatic N) is 2. The van der Waals surface area contributed by atoms with Crippen molar-refractivity contribution in [3.8, 4) is 0 Å². The van der Waals surface area contributed by atoms with Gasteiger partial charge in [0.15, 0.2) is 0 Å². The Labute approximate surface area is 118 Å². The van der Waals surface area contributed by atoms with E-state index in [1.54, 1.807) is 0 Å². The summed E-state index contributed by atoms with van der Waals surface area (Å²) in [6.45, 7) is 2.38. The number of rotatable bonds is 5. The van der Waals surface area contributed by atoms with Crippen LogP contribution < -0.4 is 0 Å². The summed E-state index contributed by atoms with van der Waals surface area (Å²) in [4.78, 5) is 37.5. The van der Waals surface area contributed by atoms with Crippen molar-refractivity contribution in [2.24, 2.45) is 5.41 Å². The molecule has 0 aromatic rings. The van der Waals surface area contributed by atoms with Gasteiger partial charge < -0.3 is 19.6 Å². The van der Waals surface area contributed by atoms with Gasteiger partial charge in [0.2, 0.25) is 0 Å². The summed E-state index contributed by atoms with van der Waals surface area (Å²) >= 11 is 0. The number of urea groups is 1. The Morgan fingerprint density at radius 3 is 2.55 bits per heavy atom. The van der Waals surface area contributed by atoms with E-state index in [0.29, 0.717) is 19.4 Å². The first-order valence-electron chi connectivity index (χ1n) is 6.66. The molecule has 1 aliphatic heterocycles. The number of hydrogen-bond acceptors (Lipinski definition) is 4. The van der Waals surface area contributed by atoms with Crippen molar-refractivity contribution in [3.05, 3.63) is 0 Å². The minimum atomic E-state index is -0.856. The van der Waals surface area contributed by atoms with Gasteiger partial charge in [0.05, 0.1) is 12.5 Å². The van der Waals surface area contributed by atoms with Crippen LogP contribution in [0.2, 0.25) is 0 Å². The Morgan fingerprint density at radius 2 is 2.05 bits per heavy atom. The molecule has 2 amide bonds. The zero-order valence-electron chi connectivity index (χ0n) is 12.2. The van der Waals surface area contributed by atoms with E-state index >= 15 is 0 Å². The van der Waals surface area contributed by atoms with Gasteiger partial charge in [-0.15, -0.1) is 0 Å². The summed E-state index contributed by atoms with van der Waals surface area (Å²) in [6, 6.07) is -0.338. The van der Waals surface area contributed by atoms with E-state index in [1.807, 2.05) is 6.92 Å². The third kappa shape index (κ3) is 3.40. The highest BCUT2D eigenvalue weighted by Gasteiger charge is 2.45. The number of likely N-dealkylation sites (tertiary alicyclic amines) is 1. The van der Waals surface area contributed by atoms with Crippen molar-refractivity contribution in [1.82, 2.24) is 9.80 Å². The molecular formula is C13H22N2O5. The van der Waals surface area contributed by atoms with Gasteiger partial charge in [-0.3, -0.25) is 9.59 Å². The number of aliphatic carboxylic acids is 1. The predicted molar refractivity (Wildman–Crippen MR) is 71.2 cm³/mol. The van der Waals surface area contributed by atoms with Gasteiger partial charge in [0.25, 0.3) is 0 Å². The molecule has 20 heavy (non-hydrogen) atoms. The van der Waals surface area contributed by atoms with Crippen LogP contribution in [0.1, 0.15) is 26.2 Å². The number of hydrogen-bond donors (Lipinski definition) is 1. The van der Waals surface area contributed by atoms with Crippen molar-refractivity contribution < 1.29 is 24.2 Å². The van der Waals surface area contributed by atoms with Crippen molar-refractivity contribution in [1.29, 1.82) is 0 Å². The van der Waals surface area contributed by atoms with E-state index in [2.05, 4.69) is 4.74 Å². The molecule has 0 saturated carbocycles. The number of likely N-dealkylation sites (N-methyl/N-ethyl adjacent to an activating group) is 1. The number of methoxy groups -OCH3 is 1. The Kier molecular flexibility index (Phi) is 5.35. The highest BCUT2D eigenvalue weighted by molar-refractivity contribution is 5.82. The zero-order valence-corrected chi connectivity index (χ0v) is 12.2. The lowest BCUT2D eigenvalue weighted by atomic mass is 9.83. The molecule has 1 N–H and O–H groups in total. The molecule has 1 fully saturated rings. The molecule has 1 aliphatic rings. The maximum absolute atomic E-state index is 12.2. The fourth-order valence-electron chi connectivity index (χ4n) is 2.57. The maximum atomic E-state index is 12.2. The predicted octanol–water partition coefficient (Wildman–Crippen LogP) is 0.788. The lowest BCUT2D eigenvalue weighted by Crippen LogP contribution is -2.44. The minimum absolute atomic E-state index is 0.139. The molecule has 0 aromatic carbocycles. The normalized spacial score (nSPS) is 21.6. The first-order chi connectivity index (χ1) is 9.36. The lowest BCUT2D eigenvalue weighted by molar-refractivity contribution is -0.148. The van der Waals surface area contributed by atoms with Crippen molar-refractivity contribution >= 4 is 18.0 Å². The van der Waals surface area contributed by atoms with Gasteiger partial charge >= 0.3 is 18.0 Å². The molecule has 0 aromatic heterocycles. The first-order valence-corrected chi connectivity index (χ1v) is 6.66. The SMILES string of the molecule is CCCC1(C(=O)O)CCN(C(=O)N(C)CC(=O)OC)C1. The molecule has 7 nitrogen and oxygen atoms in total. The molecule has 1 saturated heterocycles. The number of carboxylic acids is 1. The summed E-state index contributed by atoms with van der Waals surface area (Å²) in [5, 5.41) is 9.39. The van der Waals surface area contributed by atoms with Crippen LogP contribution in [0.25, 0.3) is 0 Å². The third-order valence-electron chi connectivity index (χ3n) is 3.73. The van der Waals surface area contributed by atoms with Crippen LogP contribution in [0.4, 0.5) is 4.79 Å². The van der Waals surface area contributed by atoms with Crippen LogP contribution in [0.5, 0.6) is 0 Å². The van der Waals surface area contributed by atoms with E-state index in [1.165, 1.54) is 24.0 Å². The fourth-order valence-corrected chi connectivity index (χ4v) is 2.57. The minimum Gasteiger partial charge on any atom is -0.481 e. The molecule has 114 valence electrons. The van der Waals surface area contributed by atoms with E-state index in [-0.39, 0.29) is 19.1 Å². The van der Waals surface area contributed by atoms with E-state index in [0.717, 1.165) is 6.42 Å². The summed E-state index contributed by atoms with van der Waals surface area (Å²) in [5.74, 6) is -1.36. The zero-order chi connectivity index (χ0) is 15.3. The number of ether oxygens (including phenoxy) is 1. The highest BCUT2D eigenvalue weighted by atomic mass is 16.5. The third-order valence-corrected chi connectivity index (χ3v) is 3.73. The summed E-state index contributed by atoms with van der Waals surface area (Å²) in [7, 11) is 2.76. The van der Waals surface area contributed by atoms with Crippen LogP contribution >= 0.6 is 0 Å². The Bertz CT molecular complexity index is 398. The molecule has 0 aliphatic carbocycles. The fraction of sp³-hybridized carbons (Fsp3) is 0.769. The van der Waals surface area contributed by atoms with Gasteiger partial charge in [-0.2, -0.15) is 0 Å². The standard InChI is InChI=1S/C13H22N2O5/c1-4-5-13(11(17)18)6-7-15(9-13)12(19)14(2)8-10(16)20-3/h4-9H2,1-3H3,(H,17,18). The number of carboxylic acid groups (broad SMARTS) is 1. The average molecular weight is 286 g/mol. The molecule has 1 unspecified atom stereocenters. The van der Waals surface area contributed by atoms with Crippen molar-refractivity contribution in [3.63, 3.8) is 0 Å². The van der Waals surface area contributed by atoms with Crippen LogP contribution in [0, 0.1) is 5.41 Å². The molecule has 7 heteroatoms. The summed E-state index contributed by atoms with van der Waals surface area (Å²) in [5.41, 5.74) is -0.851. The second-order valence-corrected chi connectivity index (χ2v) is 5.22. The number of esters is 1. The average Bonchev–Trinajstić information content (AvgIpc) is 2.83. The molecule has 0 spiro atoms. The number of amides is 2. The van der Waals surface area contributed by atoms with Gasteiger partial charge in [-0.1, -0.05) is 13.3 Å². The second-order valence-electron chi connectivity index (χ2n) is 5.22.